The van der Waals surface area contributed by atoms with Crippen molar-refractivity contribution in [2.24, 2.45) is 4.99 Å². The van der Waals surface area contributed by atoms with E-state index in [-0.39, 0.29) is 11.9 Å². The number of amides is 1. The molecule has 2 aromatic carbocycles. The Morgan fingerprint density at radius 2 is 1.71 bits per heavy atom. The summed E-state index contributed by atoms with van der Waals surface area (Å²) in [4.78, 5) is 26.5. The van der Waals surface area contributed by atoms with Crippen LogP contribution in [0.5, 0.6) is 0 Å². The number of anilines is 1. The third-order valence-electron chi connectivity index (χ3n) is 5.44. The summed E-state index contributed by atoms with van der Waals surface area (Å²) < 4.78 is 2.01. The number of aromatic nitrogens is 2. The highest BCUT2D eigenvalue weighted by Crippen LogP contribution is 2.36. The number of guanidine groups is 1. The molecule has 1 aromatic heterocycles. The molecule has 6 heteroatoms. The second kappa shape index (κ2) is 6.34. The maximum absolute atomic E-state index is 13.2. The largest absolute Gasteiger partial charge is 0.318 e. The third-order valence-corrected chi connectivity index (χ3v) is 5.44. The van der Waals surface area contributed by atoms with Gasteiger partial charge in [0.15, 0.2) is 11.5 Å². The highest BCUT2D eigenvalue weighted by atomic mass is 16.2. The van der Waals surface area contributed by atoms with Crippen LogP contribution in [-0.2, 0) is 6.54 Å². The molecule has 0 saturated carbocycles. The van der Waals surface area contributed by atoms with Crippen molar-refractivity contribution in [1.29, 1.82) is 0 Å². The summed E-state index contributed by atoms with van der Waals surface area (Å²) in [7, 11) is 1.79. The van der Waals surface area contributed by atoms with Crippen LogP contribution < -0.4 is 4.90 Å². The molecule has 3 heterocycles. The van der Waals surface area contributed by atoms with Gasteiger partial charge in [-0.05, 0) is 18.1 Å². The Labute approximate surface area is 163 Å². The fourth-order valence-corrected chi connectivity index (χ4v) is 3.97. The molecule has 5 rings (SSSR count). The number of aliphatic imine (C=N–C) groups is 1. The van der Waals surface area contributed by atoms with Gasteiger partial charge in [0.2, 0.25) is 5.96 Å². The second-order valence-electron chi connectivity index (χ2n) is 7.23. The van der Waals surface area contributed by atoms with E-state index in [1.54, 1.807) is 11.9 Å². The number of rotatable bonds is 3. The zero-order chi connectivity index (χ0) is 19.3. The lowest BCUT2D eigenvalue weighted by atomic mass is 10.1. The first-order valence-corrected chi connectivity index (χ1v) is 9.43. The minimum Gasteiger partial charge on any atom is -0.318 e. The van der Waals surface area contributed by atoms with E-state index in [4.69, 9.17) is 9.98 Å². The Kier molecular flexibility index (Phi) is 3.79. The Bertz CT molecular complexity index is 1070. The fraction of sp³-hybridized carbons (Fsp3) is 0.227. The summed E-state index contributed by atoms with van der Waals surface area (Å²) in [5.41, 5.74) is 2.92. The average molecular weight is 371 g/mol. The number of carbonyl (C=O) groups excluding carboxylic acids is 1. The maximum atomic E-state index is 13.2. The summed E-state index contributed by atoms with van der Waals surface area (Å²) in [5, 5.41) is 0. The van der Waals surface area contributed by atoms with Crippen molar-refractivity contribution < 1.29 is 4.79 Å². The lowest BCUT2D eigenvalue weighted by molar-refractivity contribution is 0.0855. The number of nitrogens with zero attached hydrogens (tertiary/aromatic N) is 5. The van der Waals surface area contributed by atoms with Gasteiger partial charge in [0.05, 0.1) is 12.6 Å². The monoisotopic (exact) mass is 371 g/mol. The van der Waals surface area contributed by atoms with E-state index >= 15 is 0 Å². The molecular weight excluding hydrogens is 350 g/mol. The van der Waals surface area contributed by atoms with Gasteiger partial charge in [0.1, 0.15) is 5.82 Å². The van der Waals surface area contributed by atoms with Crippen LogP contribution in [0.2, 0.25) is 0 Å². The van der Waals surface area contributed by atoms with Gasteiger partial charge in [0, 0.05) is 13.6 Å². The molecule has 0 saturated heterocycles. The second-order valence-corrected chi connectivity index (χ2v) is 7.23. The van der Waals surface area contributed by atoms with Crippen LogP contribution in [0.3, 0.4) is 0 Å². The molecule has 0 spiro atoms. The van der Waals surface area contributed by atoms with Crippen LogP contribution >= 0.6 is 0 Å². The number of carbonyl (C=O) groups is 1. The minimum atomic E-state index is -0.0600. The molecule has 0 radical (unpaired) electrons. The van der Waals surface area contributed by atoms with E-state index < -0.39 is 0 Å². The van der Waals surface area contributed by atoms with E-state index in [0.29, 0.717) is 30.6 Å². The quantitative estimate of drug-likeness (QED) is 0.710. The highest BCUT2D eigenvalue weighted by Gasteiger charge is 2.42. The third kappa shape index (κ3) is 2.52. The van der Waals surface area contributed by atoms with Crippen molar-refractivity contribution in [1.82, 2.24) is 14.5 Å². The summed E-state index contributed by atoms with van der Waals surface area (Å²) in [6.07, 6.45) is 0. The van der Waals surface area contributed by atoms with Crippen molar-refractivity contribution in [3.63, 3.8) is 0 Å². The molecule has 1 amide bonds. The van der Waals surface area contributed by atoms with Gasteiger partial charge in [-0.3, -0.25) is 14.6 Å². The number of aryl methyl sites for hydroxylation is 1. The van der Waals surface area contributed by atoms with Crippen LogP contribution in [0.15, 0.2) is 65.7 Å². The van der Waals surface area contributed by atoms with Crippen molar-refractivity contribution >= 4 is 17.7 Å². The van der Waals surface area contributed by atoms with Crippen molar-refractivity contribution in [2.45, 2.75) is 19.5 Å². The van der Waals surface area contributed by atoms with Crippen LogP contribution in [0.25, 0.3) is 0 Å². The number of hydrogen-bond acceptors (Lipinski definition) is 4. The molecule has 140 valence electrons. The average Bonchev–Trinajstić information content (AvgIpc) is 3.30. The summed E-state index contributed by atoms with van der Waals surface area (Å²) >= 11 is 0. The smallest absolute Gasteiger partial charge is 0.280 e. The SMILES string of the molecule is Cc1nc2c(n1Cc1ccccc1)C(=O)N(C)C1=N[C@H](c3ccccc3)CN12. The summed E-state index contributed by atoms with van der Waals surface area (Å²) in [5.74, 6) is 2.17. The molecule has 28 heavy (non-hydrogen) atoms. The Balaban J connectivity index is 1.56. The molecule has 2 aliphatic rings. The number of imidazole rings is 1. The van der Waals surface area contributed by atoms with Crippen molar-refractivity contribution in [3.05, 3.63) is 83.3 Å². The maximum Gasteiger partial charge on any atom is 0.280 e. The summed E-state index contributed by atoms with van der Waals surface area (Å²) in [6.45, 7) is 3.26. The van der Waals surface area contributed by atoms with Gasteiger partial charge in [-0.15, -0.1) is 0 Å². The molecule has 0 bridgehead atoms. The molecular formula is C22H21N5O. The lowest BCUT2D eigenvalue weighted by Gasteiger charge is -2.31. The Hall–Kier alpha value is -3.41. The van der Waals surface area contributed by atoms with Gasteiger partial charge < -0.3 is 4.57 Å². The fourth-order valence-electron chi connectivity index (χ4n) is 3.97. The molecule has 0 N–H and O–H groups in total. The number of benzene rings is 2. The molecule has 1 atom stereocenters. The molecule has 0 aliphatic carbocycles. The highest BCUT2D eigenvalue weighted by molar-refractivity contribution is 6.17. The van der Waals surface area contributed by atoms with E-state index in [9.17, 15) is 4.79 Å². The zero-order valence-corrected chi connectivity index (χ0v) is 15.9. The molecule has 6 nitrogen and oxygen atoms in total. The van der Waals surface area contributed by atoms with E-state index in [1.165, 1.54) is 0 Å². The summed E-state index contributed by atoms with van der Waals surface area (Å²) in [6, 6.07) is 20.3. The topological polar surface area (TPSA) is 53.7 Å². The number of hydrogen-bond donors (Lipinski definition) is 0. The van der Waals surface area contributed by atoms with Gasteiger partial charge in [-0.25, -0.2) is 9.98 Å². The number of fused-ring (bicyclic) bond motifs is 3. The predicted octanol–water partition coefficient (Wildman–Crippen LogP) is 3.24. The van der Waals surface area contributed by atoms with Gasteiger partial charge >= 0.3 is 0 Å². The van der Waals surface area contributed by atoms with Crippen LogP contribution in [0.4, 0.5) is 5.82 Å². The molecule has 0 fully saturated rings. The lowest BCUT2D eigenvalue weighted by Crippen LogP contribution is -2.48. The van der Waals surface area contributed by atoms with Gasteiger partial charge in [-0.1, -0.05) is 60.7 Å². The normalized spacial score (nSPS) is 18.1. The first-order chi connectivity index (χ1) is 13.6. The van der Waals surface area contributed by atoms with E-state index in [0.717, 1.165) is 17.0 Å². The first kappa shape index (κ1) is 16.7. The van der Waals surface area contributed by atoms with Crippen molar-refractivity contribution in [2.75, 3.05) is 18.5 Å². The van der Waals surface area contributed by atoms with Gasteiger partial charge in [0.25, 0.3) is 5.91 Å². The Morgan fingerprint density at radius 1 is 1.04 bits per heavy atom. The van der Waals surface area contributed by atoms with E-state index in [2.05, 4.69) is 29.2 Å². The van der Waals surface area contributed by atoms with Crippen LogP contribution in [0, 0.1) is 6.92 Å². The molecule has 3 aromatic rings. The zero-order valence-electron chi connectivity index (χ0n) is 15.9. The molecule has 2 aliphatic heterocycles. The molecule has 0 unspecified atom stereocenters. The van der Waals surface area contributed by atoms with Gasteiger partial charge in [-0.2, -0.15) is 0 Å². The Morgan fingerprint density at radius 3 is 2.43 bits per heavy atom. The first-order valence-electron chi connectivity index (χ1n) is 9.43. The van der Waals surface area contributed by atoms with E-state index in [1.807, 2.05) is 47.9 Å². The van der Waals surface area contributed by atoms with Crippen molar-refractivity contribution in [3.8, 4) is 0 Å². The van der Waals surface area contributed by atoms with Crippen LogP contribution in [0.1, 0.15) is 33.5 Å². The predicted molar refractivity (Wildman–Crippen MR) is 109 cm³/mol. The standard InChI is InChI=1S/C22H21N5O/c1-15-23-20-19(26(15)13-16-9-5-3-6-10-16)21(28)25(2)22-24-18(14-27(20)22)17-11-7-4-8-12-17/h3-12,18H,13-14H2,1-2H3/t18-/m0/s1. The minimum absolute atomic E-state index is 0.00280. The van der Waals surface area contributed by atoms with Crippen LogP contribution in [-0.4, -0.2) is 39.9 Å².